The van der Waals surface area contributed by atoms with Crippen LogP contribution in [0.25, 0.3) is 5.69 Å². The summed E-state index contributed by atoms with van der Waals surface area (Å²) in [7, 11) is 0. The Labute approximate surface area is 163 Å². The Hall–Kier alpha value is -3.47. The molecule has 140 valence electrons. The Balaban J connectivity index is 1.68. The highest BCUT2D eigenvalue weighted by Crippen LogP contribution is 2.24. The predicted molar refractivity (Wildman–Crippen MR) is 109 cm³/mol. The lowest BCUT2D eigenvalue weighted by atomic mass is 10.1. The zero-order valence-corrected chi connectivity index (χ0v) is 16.4. The first-order chi connectivity index (χ1) is 13.4. The summed E-state index contributed by atoms with van der Waals surface area (Å²) in [5.74, 6) is -0.778. The van der Waals surface area contributed by atoms with E-state index in [1.165, 1.54) is 11.1 Å². The van der Waals surface area contributed by atoms with E-state index < -0.39 is 0 Å². The van der Waals surface area contributed by atoms with Crippen LogP contribution in [0.2, 0.25) is 0 Å². The van der Waals surface area contributed by atoms with Gasteiger partial charge in [-0.1, -0.05) is 18.2 Å². The van der Waals surface area contributed by atoms with Gasteiger partial charge in [0.15, 0.2) is 0 Å². The van der Waals surface area contributed by atoms with E-state index in [-0.39, 0.29) is 11.8 Å². The normalized spacial score (nSPS) is 13.6. The van der Waals surface area contributed by atoms with Crippen LogP contribution < -0.4 is 0 Å². The number of aryl methyl sites for hydroxylation is 3. The van der Waals surface area contributed by atoms with Crippen molar-refractivity contribution in [2.75, 3.05) is 0 Å². The number of hydrogen-bond donors (Lipinski definition) is 0. The number of imide groups is 1. The highest BCUT2D eigenvalue weighted by molar-refractivity contribution is 6.21. The lowest BCUT2D eigenvalue weighted by Gasteiger charge is -2.12. The number of hydrogen-bond acceptors (Lipinski definition) is 3. The second kappa shape index (κ2) is 6.60. The van der Waals surface area contributed by atoms with Crippen molar-refractivity contribution in [2.24, 2.45) is 5.10 Å². The molecule has 2 aromatic carbocycles. The van der Waals surface area contributed by atoms with Crippen molar-refractivity contribution in [1.29, 1.82) is 0 Å². The molecular formula is C23H21N3O2. The molecule has 0 bridgehead atoms. The van der Waals surface area contributed by atoms with Crippen molar-refractivity contribution < 1.29 is 9.59 Å². The molecule has 1 aliphatic rings. The van der Waals surface area contributed by atoms with Crippen molar-refractivity contribution in [1.82, 2.24) is 9.58 Å². The summed E-state index contributed by atoms with van der Waals surface area (Å²) in [5.41, 5.74) is 7.27. The van der Waals surface area contributed by atoms with E-state index in [1.54, 1.807) is 30.5 Å². The molecule has 0 unspecified atom stereocenters. The van der Waals surface area contributed by atoms with Crippen molar-refractivity contribution in [3.8, 4) is 5.69 Å². The molecule has 0 radical (unpaired) electrons. The molecule has 0 N–H and O–H groups in total. The van der Waals surface area contributed by atoms with E-state index in [0.717, 1.165) is 27.6 Å². The maximum absolute atomic E-state index is 12.5. The van der Waals surface area contributed by atoms with Crippen LogP contribution in [0.15, 0.2) is 53.6 Å². The van der Waals surface area contributed by atoms with Gasteiger partial charge in [-0.3, -0.25) is 9.59 Å². The topological polar surface area (TPSA) is 54.7 Å². The third-order valence-corrected chi connectivity index (χ3v) is 5.30. The molecule has 0 saturated carbocycles. The minimum Gasteiger partial charge on any atom is -0.318 e. The fourth-order valence-corrected chi connectivity index (χ4v) is 3.58. The first-order valence-corrected chi connectivity index (χ1v) is 9.17. The van der Waals surface area contributed by atoms with Gasteiger partial charge < -0.3 is 4.57 Å². The fourth-order valence-electron chi connectivity index (χ4n) is 3.58. The molecule has 4 rings (SSSR count). The molecule has 5 heteroatoms. The Morgan fingerprint density at radius 3 is 2.07 bits per heavy atom. The quantitative estimate of drug-likeness (QED) is 0.508. The van der Waals surface area contributed by atoms with E-state index in [9.17, 15) is 9.59 Å². The minimum absolute atomic E-state index is 0.389. The lowest BCUT2D eigenvalue weighted by Crippen LogP contribution is -2.24. The SMILES string of the molecule is Cc1ccc(-n2c(C)cc(/C=N\N3C(=O)c4ccccc4C3=O)c2C)cc1C. The molecule has 0 atom stereocenters. The zero-order valence-electron chi connectivity index (χ0n) is 16.4. The van der Waals surface area contributed by atoms with Crippen LogP contribution in [-0.2, 0) is 0 Å². The van der Waals surface area contributed by atoms with Gasteiger partial charge in [0, 0.05) is 22.6 Å². The maximum atomic E-state index is 12.5. The average Bonchev–Trinajstić information content (AvgIpc) is 3.10. The summed E-state index contributed by atoms with van der Waals surface area (Å²) < 4.78 is 2.15. The molecule has 0 saturated heterocycles. The fraction of sp³-hybridized carbons (Fsp3) is 0.174. The van der Waals surface area contributed by atoms with Gasteiger partial charge in [-0.15, -0.1) is 0 Å². The van der Waals surface area contributed by atoms with E-state index in [2.05, 4.69) is 41.7 Å². The summed E-state index contributed by atoms with van der Waals surface area (Å²) in [4.78, 5) is 24.9. The van der Waals surface area contributed by atoms with Crippen LogP contribution in [0.3, 0.4) is 0 Å². The number of rotatable bonds is 3. The van der Waals surface area contributed by atoms with Crippen molar-refractivity contribution in [3.63, 3.8) is 0 Å². The Kier molecular flexibility index (Phi) is 4.23. The van der Waals surface area contributed by atoms with Crippen molar-refractivity contribution >= 4 is 18.0 Å². The van der Waals surface area contributed by atoms with Crippen molar-refractivity contribution in [2.45, 2.75) is 27.7 Å². The first-order valence-electron chi connectivity index (χ1n) is 9.17. The summed E-state index contributed by atoms with van der Waals surface area (Å²) in [5, 5.41) is 5.14. The molecular weight excluding hydrogens is 350 g/mol. The van der Waals surface area contributed by atoms with Gasteiger partial charge in [0.1, 0.15) is 0 Å². The second-order valence-corrected chi connectivity index (χ2v) is 7.14. The monoisotopic (exact) mass is 371 g/mol. The number of fused-ring (bicyclic) bond motifs is 1. The maximum Gasteiger partial charge on any atom is 0.282 e. The second-order valence-electron chi connectivity index (χ2n) is 7.14. The van der Waals surface area contributed by atoms with Gasteiger partial charge >= 0.3 is 0 Å². The molecule has 1 aliphatic heterocycles. The van der Waals surface area contributed by atoms with Gasteiger partial charge in [0.25, 0.3) is 11.8 Å². The highest BCUT2D eigenvalue weighted by atomic mass is 16.2. The molecule has 0 aliphatic carbocycles. The Morgan fingerprint density at radius 1 is 0.821 bits per heavy atom. The number of carbonyl (C=O) groups is 2. The smallest absolute Gasteiger partial charge is 0.282 e. The number of amides is 2. The van der Waals surface area contributed by atoms with Gasteiger partial charge in [0.2, 0.25) is 0 Å². The van der Waals surface area contributed by atoms with Gasteiger partial charge in [0.05, 0.1) is 17.3 Å². The van der Waals surface area contributed by atoms with Crippen LogP contribution in [0, 0.1) is 27.7 Å². The molecule has 5 nitrogen and oxygen atoms in total. The number of aromatic nitrogens is 1. The van der Waals surface area contributed by atoms with Crippen molar-refractivity contribution in [3.05, 3.63) is 87.7 Å². The number of benzene rings is 2. The Morgan fingerprint density at radius 2 is 1.46 bits per heavy atom. The van der Waals surface area contributed by atoms with Gasteiger partial charge in [-0.05, 0) is 69.2 Å². The summed E-state index contributed by atoms with van der Waals surface area (Å²) >= 11 is 0. The summed E-state index contributed by atoms with van der Waals surface area (Å²) in [6.07, 6.45) is 1.58. The first kappa shape index (κ1) is 17.9. The van der Waals surface area contributed by atoms with Gasteiger partial charge in [-0.2, -0.15) is 10.1 Å². The standard InChI is InChI=1S/C23H21N3O2/c1-14-9-10-19(11-15(14)2)25-16(3)12-18(17(25)4)13-24-26-22(27)20-7-5-6-8-21(20)23(26)28/h5-13H,1-4H3/b24-13-. The number of nitrogens with zero attached hydrogens (tertiary/aromatic N) is 3. The summed E-state index contributed by atoms with van der Waals surface area (Å²) in [6, 6.07) is 15.1. The largest absolute Gasteiger partial charge is 0.318 e. The Bertz CT molecular complexity index is 1120. The van der Waals surface area contributed by atoms with Crippen LogP contribution in [0.5, 0.6) is 0 Å². The number of hydrazone groups is 1. The minimum atomic E-state index is -0.389. The molecule has 28 heavy (non-hydrogen) atoms. The molecule has 3 aromatic rings. The average molecular weight is 371 g/mol. The van der Waals surface area contributed by atoms with Crippen LogP contribution >= 0.6 is 0 Å². The van der Waals surface area contributed by atoms with E-state index in [4.69, 9.17) is 0 Å². The van der Waals surface area contributed by atoms with E-state index >= 15 is 0 Å². The highest BCUT2D eigenvalue weighted by Gasteiger charge is 2.35. The van der Waals surface area contributed by atoms with Crippen LogP contribution in [0.1, 0.15) is 48.8 Å². The number of carbonyl (C=O) groups excluding carboxylic acids is 2. The summed E-state index contributed by atoms with van der Waals surface area (Å²) in [6.45, 7) is 8.22. The lowest BCUT2D eigenvalue weighted by molar-refractivity contribution is 0.0660. The molecule has 1 aromatic heterocycles. The third kappa shape index (κ3) is 2.76. The molecule has 0 spiro atoms. The van der Waals surface area contributed by atoms with Gasteiger partial charge in [-0.25, -0.2) is 0 Å². The van der Waals surface area contributed by atoms with Crippen LogP contribution in [0.4, 0.5) is 0 Å². The molecule has 0 fully saturated rings. The third-order valence-electron chi connectivity index (χ3n) is 5.30. The van der Waals surface area contributed by atoms with Crippen LogP contribution in [-0.4, -0.2) is 27.6 Å². The van der Waals surface area contributed by atoms with E-state index in [1.807, 2.05) is 19.9 Å². The molecule has 2 heterocycles. The van der Waals surface area contributed by atoms with E-state index in [0.29, 0.717) is 11.1 Å². The molecule has 2 amide bonds. The zero-order chi connectivity index (χ0) is 20.0. The predicted octanol–water partition coefficient (Wildman–Crippen LogP) is 4.34.